The van der Waals surface area contributed by atoms with E-state index in [-0.39, 0.29) is 0 Å². The van der Waals surface area contributed by atoms with E-state index < -0.39 is 0 Å². The van der Waals surface area contributed by atoms with Gasteiger partial charge in [-0.2, -0.15) is 5.10 Å². The van der Waals surface area contributed by atoms with Gasteiger partial charge in [-0.1, -0.05) is 30.3 Å². The van der Waals surface area contributed by atoms with Crippen molar-refractivity contribution >= 4 is 22.5 Å². The Morgan fingerprint density at radius 3 is 2.62 bits per heavy atom. The number of benzene rings is 2. The second kappa shape index (κ2) is 6.37. The minimum Gasteiger partial charge on any atom is -0.489 e. The smallest absolute Gasteiger partial charge is 0.160 e. The molecule has 0 aliphatic carbocycles. The maximum absolute atomic E-state index is 5.79. The lowest BCUT2D eigenvalue weighted by molar-refractivity contribution is 0.306. The van der Waals surface area contributed by atoms with Crippen LogP contribution in [0.15, 0.2) is 67.1 Å². The maximum atomic E-state index is 5.79. The van der Waals surface area contributed by atoms with Gasteiger partial charge in [0.2, 0.25) is 0 Å². The third kappa shape index (κ3) is 3.03. The highest BCUT2D eigenvalue weighted by Crippen LogP contribution is 2.23. The fraction of sp³-hybridized carbons (Fsp3) is 0.0556. The van der Waals surface area contributed by atoms with E-state index in [4.69, 9.17) is 4.74 Å². The zero-order chi connectivity index (χ0) is 16.2. The molecule has 0 saturated carbocycles. The molecule has 0 unspecified atom stereocenters. The molecule has 0 atom stereocenters. The molecule has 2 aromatic carbocycles. The molecular weight excluding hydrogens is 302 g/mol. The molecule has 0 radical (unpaired) electrons. The van der Waals surface area contributed by atoms with E-state index in [1.54, 1.807) is 6.20 Å². The first kappa shape index (κ1) is 14.2. The van der Waals surface area contributed by atoms with E-state index >= 15 is 0 Å². The largest absolute Gasteiger partial charge is 0.489 e. The molecule has 2 N–H and O–H groups in total. The number of rotatable bonds is 5. The van der Waals surface area contributed by atoms with E-state index in [9.17, 15) is 0 Å². The number of aromatic nitrogens is 4. The first-order chi connectivity index (χ1) is 11.9. The van der Waals surface area contributed by atoms with Gasteiger partial charge in [-0.3, -0.25) is 5.10 Å². The summed E-state index contributed by atoms with van der Waals surface area (Å²) in [5, 5.41) is 10.9. The molecule has 0 aliphatic heterocycles. The van der Waals surface area contributed by atoms with Crippen LogP contribution in [0.3, 0.4) is 0 Å². The number of hydrogen-bond acceptors (Lipinski definition) is 5. The zero-order valence-corrected chi connectivity index (χ0v) is 12.8. The number of aromatic amines is 1. The first-order valence-electron chi connectivity index (χ1n) is 7.56. The van der Waals surface area contributed by atoms with Crippen LogP contribution in [0.5, 0.6) is 5.75 Å². The van der Waals surface area contributed by atoms with Crippen LogP contribution in [-0.2, 0) is 6.61 Å². The Labute approximate surface area is 138 Å². The van der Waals surface area contributed by atoms with E-state index in [1.165, 1.54) is 6.33 Å². The third-order valence-corrected chi connectivity index (χ3v) is 3.61. The lowest BCUT2D eigenvalue weighted by Gasteiger charge is -2.09. The molecule has 6 heteroatoms. The van der Waals surface area contributed by atoms with E-state index in [0.717, 1.165) is 22.4 Å². The van der Waals surface area contributed by atoms with Gasteiger partial charge < -0.3 is 10.1 Å². The second-order valence-corrected chi connectivity index (χ2v) is 5.28. The molecule has 0 aliphatic rings. The number of H-pyrrole nitrogens is 1. The van der Waals surface area contributed by atoms with Gasteiger partial charge in [0.05, 0.1) is 11.6 Å². The average molecular weight is 317 g/mol. The van der Waals surface area contributed by atoms with Crippen LogP contribution in [0.4, 0.5) is 11.5 Å². The molecule has 0 fully saturated rings. The highest BCUT2D eigenvalue weighted by Gasteiger charge is 2.05. The third-order valence-electron chi connectivity index (χ3n) is 3.61. The summed E-state index contributed by atoms with van der Waals surface area (Å²) in [5.41, 5.74) is 2.77. The van der Waals surface area contributed by atoms with E-state index in [0.29, 0.717) is 18.1 Å². The highest BCUT2D eigenvalue weighted by atomic mass is 16.5. The molecule has 24 heavy (non-hydrogen) atoms. The fourth-order valence-electron chi connectivity index (χ4n) is 2.38. The predicted molar refractivity (Wildman–Crippen MR) is 92.2 cm³/mol. The van der Waals surface area contributed by atoms with Gasteiger partial charge in [-0.25, -0.2) is 9.97 Å². The summed E-state index contributed by atoms with van der Waals surface area (Å²) in [6, 6.07) is 17.9. The molecule has 0 saturated heterocycles. The van der Waals surface area contributed by atoms with Gasteiger partial charge in [0.1, 0.15) is 24.5 Å². The van der Waals surface area contributed by atoms with Crippen LogP contribution >= 0.6 is 0 Å². The Bertz CT molecular complexity index is 934. The van der Waals surface area contributed by atoms with Crippen LogP contribution < -0.4 is 10.1 Å². The quantitative estimate of drug-likeness (QED) is 0.587. The molecule has 118 valence electrons. The first-order valence-corrected chi connectivity index (χ1v) is 7.56. The van der Waals surface area contributed by atoms with Crippen LogP contribution in [0.1, 0.15) is 5.56 Å². The number of ether oxygens (including phenoxy) is 1. The minimum atomic E-state index is 0.551. The Kier molecular flexibility index (Phi) is 3.77. The monoisotopic (exact) mass is 317 g/mol. The van der Waals surface area contributed by atoms with Gasteiger partial charge in [-0.05, 0) is 29.8 Å². The molecule has 2 heterocycles. The van der Waals surface area contributed by atoms with Crippen LogP contribution in [0.2, 0.25) is 0 Å². The molecular formula is C18H15N5O. The van der Waals surface area contributed by atoms with Gasteiger partial charge in [-0.15, -0.1) is 0 Å². The molecule has 4 rings (SSSR count). The highest BCUT2D eigenvalue weighted by molar-refractivity contribution is 5.87. The van der Waals surface area contributed by atoms with Crippen molar-refractivity contribution < 1.29 is 4.74 Å². The van der Waals surface area contributed by atoms with E-state index in [2.05, 4.69) is 25.5 Å². The second-order valence-electron chi connectivity index (χ2n) is 5.28. The molecule has 0 amide bonds. The van der Waals surface area contributed by atoms with Crippen molar-refractivity contribution in [3.63, 3.8) is 0 Å². The summed E-state index contributed by atoms with van der Waals surface area (Å²) in [7, 11) is 0. The number of fused-ring (bicyclic) bond motifs is 1. The molecule has 2 aromatic heterocycles. The number of anilines is 2. The van der Waals surface area contributed by atoms with Crippen molar-refractivity contribution in [1.29, 1.82) is 0 Å². The SMILES string of the molecule is c1ccc(COc2ccc(Nc3ncnc4[nH]ncc34)cc2)cc1. The van der Waals surface area contributed by atoms with Crippen molar-refractivity contribution in [2.75, 3.05) is 5.32 Å². The Morgan fingerprint density at radius 1 is 0.958 bits per heavy atom. The van der Waals surface area contributed by atoms with Gasteiger partial charge in [0.15, 0.2) is 5.65 Å². The maximum Gasteiger partial charge on any atom is 0.160 e. The van der Waals surface area contributed by atoms with Crippen molar-refractivity contribution in [2.45, 2.75) is 6.61 Å². The fourth-order valence-corrected chi connectivity index (χ4v) is 2.38. The average Bonchev–Trinajstić information content (AvgIpc) is 3.12. The predicted octanol–water partition coefficient (Wildman–Crippen LogP) is 3.68. The number of nitrogens with one attached hydrogen (secondary N) is 2. The standard InChI is InChI=1S/C18H15N5O/c1-2-4-13(5-3-1)11-24-15-8-6-14(7-9-15)22-17-16-10-21-23-18(16)20-12-19-17/h1-10,12H,11H2,(H2,19,20,21,22,23). The van der Waals surface area contributed by atoms with E-state index in [1.807, 2.05) is 54.6 Å². The zero-order valence-electron chi connectivity index (χ0n) is 12.8. The van der Waals surface area contributed by atoms with Crippen molar-refractivity contribution in [1.82, 2.24) is 20.2 Å². The molecule has 0 bridgehead atoms. The summed E-state index contributed by atoms with van der Waals surface area (Å²) < 4.78 is 5.79. The van der Waals surface area contributed by atoms with Gasteiger partial charge >= 0.3 is 0 Å². The number of hydrogen-bond donors (Lipinski definition) is 2. The summed E-state index contributed by atoms with van der Waals surface area (Å²) in [5.74, 6) is 1.53. The lowest BCUT2D eigenvalue weighted by Crippen LogP contribution is -1.97. The lowest BCUT2D eigenvalue weighted by atomic mass is 10.2. The van der Waals surface area contributed by atoms with Crippen LogP contribution in [-0.4, -0.2) is 20.2 Å². The normalized spacial score (nSPS) is 10.7. The summed E-state index contributed by atoms with van der Waals surface area (Å²) >= 11 is 0. The van der Waals surface area contributed by atoms with Crippen molar-refractivity contribution in [3.05, 3.63) is 72.7 Å². The topological polar surface area (TPSA) is 75.7 Å². The van der Waals surface area contributed by atoms with Crippen LogP contribution in [0, 0.1) is 0 Å². The summed E-state index contributed by atoms with van der Waals surface area (Å²) in [6.07, 6.45) is 3.20. The Balaban J connectivity index is 1.45. The van der Waals surface area contributed by atoms with Crippen molar-refractivity contribution in [2.24, 2.45) is 0 Å². The van der Waals surface area contributed by atoms with Crippen LogP contribution in [0.25, 0.3) is 11.0 Å². The Morgan fingerprint density at radius 2 is 1.79 bits per heavy atom. The van der Waals surface area contributed by atoms with Gasteiger partial charge in [0, 0.05) is 5.69 Å². The minimum absolute atomic E-state index is 0.551. The van der Waals surface area contributed by atoms with Gasteiger partial charge in [0.25, 0.3) is 0 Å². The van der Waals surface area contributed by atoms with Crippen molar-refractivity contribution in [3.8, 4) is 5.75 Å². The summed E-state index contributed by atoms with van der Waals surface area (Å²) in [4.78, 5) is 8.38. The summed E-state index contributed by atoms with van der Waals surface area (Å²) in [6.45, 7) is 0.551. The Hall–Kier alpha value is -3.41. The molecule has 6 nitrogen and oxygen atoms in total. The number of nitrogens with zero attached hydrogens (tertiary/aromatic N) is 3. The molecule has 0 spiro atoms. The molecule has 4 aromatic rings.